The van der Waals surface area contributed by atoms with E-state index in [1.54, 1.807) is 7.11 Å². The van der Waals surface area contributed by atoms with Gasteiger partial charge in [0.1, 0.15) is 0 Å². The Kier molecular flexibility index (Phi) is 6.94. The van der Waals surface area contributed by atoms with Crippen molar-refractivity contribution in [1.82, 2.24) is 0 Å². The smallest absolute Gasteiger partial charge is 0.0978 e. The normalized spacial score (nSPS) is 16.2. The molecule has 0 aliphatic heterocycles. The predicted molar refractivity (Wildman–Crippen MR) is 74.4 cm³/mol. The largest absolute Gasteiger partial charge is 0.385 e. The van der Waals surface area contributed by atoms with Crippen LogP contribution in [-0.4, -0.2) is 26.4 Å². The summed E-state index contributed by atoms with van der Waals surface area (Å²) in [5, 5.41) is 0. The molecule has 0 aliphatic carbocycles. The maximum Gasteiger partial charge on any atom is 0.0978 e. The lowest BCUT2D eigenvalue weighted by molar-refractivity contribution is 0.0255. The van der Waals surface area contributed by atoms with Crippen molar-refractivity contribution in [3.8, 4) is 0 Å². The van der Waals surface area contributed by atoms with Gasteiger partial charge in [0.15, 0.2) is 0 Å². The van der Waals surface area contributed by atoms with Crippen LogP contribution < -0.4 is 5.73 Å². The van der Waals surface area contributed by atoms with Crippen molar-refractivity contribution >= 4 is 0 Å². The van der Waals surface area contributed by atoms with E-state index in [2.05, 4.69) is 19.1 Å². The summed E-state index contributed by atoms with van der Waals surface area (Å²) in [7, 11) is 1.72. The van der Waals surface area contributed by atoms with Crippen LogP contribution in [0.15, 0.2) is 30.3 Å². The fourth-order valence-electron chi connectivity index (χ4n) is 2.05. The van der Waals surface area contributed by atoms with Crippen LogP contribution in [-0.2, 0) is 9.47 Å². The number of hydrogen-bond donors (Lipinski definition) is 1. The van der Waals surface area contributed by atoms with Crippen molar-refractivity contribution in [2.24, 2.45) is 11.7 Å². The van der Waals surface area contributed by atoms with Gasteiger partial charge in [-0.2, -0.15) is 0 Å². The number of rotatable bonds is 8. The minimum absolute atomic E-state index is 0.0116. The summed E-state index contributed by atoms with van der Waals surface area (Å²) in [5.41, 5.74) is 7.49. The highest BCUT2D eigenvalue weighted by atomic mass is 16.5. The standard InChI is InChI=1S/C15H25NO2/c1-4-18-15(13-8-6-5-7-9-13)14(16)12(2)10-11-17-3/h5-9,12,14-15H,4,10-11,16H2,1-3H3. The molecule has 3 nitrogen and oxygen atoms in total. The first-order valence-corrected chi connectivity index (χ1v) is 6.61. The molecule has 3 atom stereocenters. The molecular weight excluding hydrogens is 226 g/mol. The molecule has 0 spiro atoms. The minimum Gasteiger partial charge on any atom is -0.385 e. The molecule has 0 amide bonds. The molecule has 1 rings (SSSR count). The van der Waals surface area contributed by atoms with E-state index < -0.39 is 0 Å². The third-order valence-electron chi connectivity index (χ3n) is 3.26. The number of ether oxygens (including phenoxy) is 2. The van der Waals surface area contributed by atoms with Crippen molar-refractivity contribution < 1.29 is 9.47 Å². The molecule has 102 valence electrons. The van der Waals surface area contributed by atoms with E-state index in [4.69, 9.17) is 15.2 Å². The van der Waals surface area contributed by atoms with Gasteiger partial charge < -0.3 is 15.2 Å². The summed E-state index contributed by atoms with van der Waals surface area (Å²) < 4.78 is 10.9. The van der Waals surface area contributed by atoms with Gasteiger partial charge in [0.05, 0.1) is 6.10 Å². The Hall–Kier alpha value is -0.900. The van der Waals surface area contributed by atoms with Crippen LogP contribution in [0.4, 0.5) is 0 Å². The minimum atomic E-state index is -0.0388. The predicted octanol–water partition coefficient (Wildman–Crippen LogP) is 2.76. The lowest BCUT2D eigenvalue weighted by atomic mass is 9.91. The number of nitrogens with two attached hydrogens (primary N) is 1. The number of benzene rings is 1. The Morgan fingerprint density at radius 2 is 1.89 bits per heavy atom. The number of hydrogen-bond acceptors (Lipinski definition) is 3. The monoisotopic (exact) mass is 251 g/mol. The van der Waals surface area contributed by atoms with E-state index in [0.29, 0.717) is 12.5 Å². The highest BCUT2D eigenvalue weighted by molar-refractivity contribution is 5.19. The highest BCUT2D eigenvalue weighted by Crippen LogP contribution is 2.25. The molecule has 3 heteroatoms. The van der Waals surface area contributed by atoms with Gasteiger partial charge in [-0.3, -0.25) is 0 Å². The van der Waals surface area contributed by atoms with E-state index in [9.17, 15) is 0 Å². The molecule has 0 radical (unpaired) electrons. The van der Waals surface area contributed by atoms with Crippen molar-refractivity contribution in [1.29, 1.82) is 0 Å². The van der Waals surface area contributed by atoms with Crippen LogP contribution in [0.3, 0.4) is 0 Å². The van der Waals surface area contributed by atoms with Gasteiger partial charge >= 0.3 is 0 Å². The lowest BCUT2D eigenvalue weighted by Crippen LogP contribution is -2.37. The maximum absolute atomic E-state index is 6.34. The molecule has 0 bridgehead atoms. The fourth-order valence-corrected chi connectivity index (χ4v) is 2.05. The van der Waals surface area contributed by atoms with Crippen LogP contribution >= 0.6 is 0 Å². The zero-order valence-electron chi connectivity index (χ0n) is 11.6. The van der Waals surface area contributed by atoms with Crippen molar-refractivity contribution in [3.05, 3.63) is 35.9 Å². The molecule has 1 aromatic carbocycles. The van der Waals surface area contributed by atoms with Crippen LogP contribution in [0.25, 0.3) is 0 Å². The van der Waals surface area contributed by atoms with Gasteiger partial charge in [-0.25, -0.2) is 0 Å². The van der Waals surface area contributed by atoms with E-state index in [1.165, 1.54) is 0 Å². The maximum atomic E-state index is 6.34. The number of methoxy groups -OCH3 is 1. The molecule has 1 aromatic rings. The molecule has 0 saturated carbocycles. The van der Waals surface area contributed by atoms with Crippen LogP contribution in [0.1, 0.15) is 31.9 Å². The quantitative estimate of drug-likeness (QED) is 0.772. The molecular formula is C15H25NO2. The van der Waals surface area contributed by atoms with Crippen LogP contribution in [0.5, 0.6) is 0 Å². The second-order valence-corrected chi connectivity index (χ2v) is 4.62. The van der Waals surface area contributed by atoms with E-state index in [-0.39, 0.29) is 12.1 Å². The van der Waals surface area contributed by atoms with Gasteiger partial charge in [-0.15, -0.1) is 0 Å². The Labute approximate surface area is 110 Å². The van der Waals surface area contributed by atoms with Crippen LogP contribution in [0, 0.1) is 5.92 Å². The van der Waals surface area contributed by atoms with E-state index >= 15 is 0 Å². The first-order valence-electron chi connectivity index (χ1n) is 6.61. The summed E-state index contributed by atoms with van der Waals surface area (Å²) in [4.78, 5) is 0. The van der Waals surface area contributed by atoms with Gasteiger partial charge in [0.25, 0.3) is 0 Å². The first kappa shape index (κ1) is 15.2. The average molecular weight is 251 g/mol. The summed E-state index contributed by atoms with van der Waals surface area (Å²) in [5.74, 6) is 0.363. The van der Waals surface area contributed by atoms with Gasteiger partial charge in [0, 0.05) is 26.4 Å². The van der Waals surface area contributed by atoms with Crippen molar-refractivity contribution in [2.45, 2.75) is 32.4 Å². The summed E-state index contributed by atoms with van der Waals surface area (Å²) in [6.07, 6.45) is 0.914. The molecule has 0 heterocycles. The Morgan fingerprint density at radius 1 is 1.22 bits per heavy atom. The Balaban J connectivity index is 2.72. The third-order valence-corrected chi connectivity index (χ3v) is 3.26. The second kappa shape index (κ2) is 8.25. The van der Waals surface area contributed by atoms with Crippen molar-refractivity contribution in [3.63, 3.8) is 0 Å². The highest BCUT2D eigenvalue weighted by Gasteiger charge is 2.24. The molecule has 3 unspecified atom stereocenters. The Morgan fingerprint density at radius 3 is 2.44 bits per heavy atom. The lowest BCUT2D eigenvalue weighted by Gasteiger charge is -2.29. The molecule has 18 heavy (non-hydrogen) atoms. The zero-order valence-corrected chi connectivity index (χ0v) is 11.6. The summed E-state index contributed by atoms with van der Waals surface area (Å²) in [6.45, 7) is 5.56. The molecule has 0 saturated heterocycles. The molecule has 0 aromatic heterocycles. The van der Waals surface area contributed by atoms with Crippen LogP contribution in [0.2, 0.25) is 0 Å². The van der Waals surface area contributed by atoms with Crippen molar-refractivity contribution in [2.75, 3.05) is 20.3 Å². The van der Waals surface area contributed by atoms with Gasteiger partial charge in [-0.05, 0) is 24.8 Å². The summed E-state index contributed by atoms with van der Waals surface area (Å²) >= 11 is 0. The average Bonchev–Trinajstić information content (AvgIpc) is 2.42. The van der Waals surface area contributed by atoms with E-state index in [1.807, 2.05) is 25.1 Å². The van der Waals surface area contributed by atoms with Gasteiger partial charge in [0.2, 0.25) is 0 Å². The third kappa shape index (κ3) is 4.41. The summed E-state index contributed by atoms with van der Waals surface area (Å²) in [6, 6.07) is 10.2. The second-order valence-electron chi connectivity index (χ2n) is 4.62. The molecule has 2 N–H and O–H groups in total. The zero-order chi connectivity index (χ0) is 13.4. The van der Waals surface area contributed by atoms with Gasteiger partial charge in [-0.1, -0.05) is 37.3 Å². The Bertz CT molecular complexity index is 316. The topological polar surface area (TPSA) is 44.5 Å². The van der Waals surface area contributed by atoms with E-state index in [0.717, 1.165) is 18.6 Å². The first-order chi connectivity index (χ1) is 8.70. The SMILES string of the molecule is CCOC(c1ccccc1)C(N)C(C)CCOC. The molecule has 0 fully saturated rings. The fraction of sp³-hybridized carbons (Fsp3) is 0.600. The molecule has 0 aliphatic rings.